The highest BCUT2D eigenvalue weighted by Gasteiger charge is 2.32. The maximum Gasteiger partial charge on any atom is 0.264 e. The molecule has 7 nitrogen and oxygen atoms in total. The number of benzene rings is 3. The summed E-state index contributed by atoms with van der Waals surface area (Å²) in [6.45, 7) is 3.66. The van der Waals surface area contributed by atoms with E-state index in [1.54, 1.807) is 73.7 Å². The fraction of sp³-hybridized carbons (Fsp3) is 0.259. The summed E-state index contributed by atoms with van der Waals surface area (Å²) in [7, 11) is -4.08. The third-order valence-electron chi connectivity index (χ3n) is 5.71. The van der Waals surface area contributed by atoms with Crippen LogP contribution in [0.15, 0.2) is 88.2 Å². The van der Waals surface area contributed by atoms with E-state index in [-0.39, 0.29) is 17.3 Å². The summed E-state index contributed by atoms with van der Waals surface area (Å²) in [5.41, 5.74) is 1.09. The van der Waals surface area contributed by atoms with Crippen LogP contribution in [0.2, 0.25) is 5.02 Å². The number of halogens is 2. The van der Waals surface area contributed by atoms with Crippen molar-refractivity contribution < 1.29 is 18.0 Å². The van der Waals surface area contributed by atoms with E-state index in [0.29, 0.717) is 17.3 Å². The lowest BCUT2D eigenvalue weighted by Crippen LogP contribution is -2.51. The van der Waals surface area contributed by atoms with Crippen molar-refractivity contribution in [1.82, 2.24) is 10.2 Å². The van der Waals surface area contributed by atoms with Crippen LogP contribution in [0.5, 0.6) is 0 Å². The lowest BCUT2D eigenvalue weighted by molar-refractivity contribution is -0.139. The van der Waals surface area contributed by atoms with Gasteiger partial charge in [-0.05, 0) is 67.4 Å². The van der Waals surface area contributed by atoms with Crippen LogP contribution in [0.4, 0.5) is 5.69 Å². The van der Waals surface area contributed by atoms with Crippen LogP contribution < -0.4 is 9.62 Å². The Bertz CT molecular complexity index is 1300. The van der Waals surface area contributed by atoms with E-state index in [4.69, 9.17) is 11.6 Å². The SMILES string of the molecule is CCCNC(=O)[C@@H](C)N(Cc1ccc(Cl)cc1)C(=O)CN(c1ccc(Br)cc1)S(=O)(=O)c1ccccc1. The van der Waals surface area contributed by atoms with Crippen molar-refractivity contribution in [2.75, 3.05) is 17.4 Å². The zero-order valence-corrected chi connectivity index (χ0v) is 23.8. The van der Waals surface area contributed by atoms with E-state index in [1.165, 1.54) is 17.0 Å². The number of nitrogens with zero attached hydrogens (tertiary/aromatic N) is 2. The van der Waals surface area contributed by atoms with Crippen LogP contribution in [0.1, 0.15) is 25.8 Å². The Morgan fingerprint density at radius 1 is 0.973 bits per heavy atom. The number of anilines is 1. The predicted molar refractivity (Wildman–Crippen MR) is 150 cm³/mol. The third-order valence-corrected chi connectivity index (χ3v) is 8.28. The molecule has 0 radical (unpaired) electrons. The second kappa shape index (κ2) is 13.1. The monoisotopic (exact) mass is 605 g/mol. The molecule has 0 saturated carbocycles. The average Bonchev–Trinajstić information content (AvgIpc) is 2.90. The molecule has 1 atom stereocenters. The molecule has 1 N–H and O–H groups in total. The second-order valence-electron chi connectivity index (χ2n) is 8.42. The molecule has 3 aromatic carbocycles. The average molecular weight is 607 g/mol. The molecule has 0 aromatic heterocycles. The molecule has 0 aliphatic heterocycles. The summed E-state index contributed by atoms with van der Waals surface area (Å²) < 4.78 is 29.2. The minimum Gasteiger partial charge on any atom is -0.354 e. The molecule has 0 aliphatic rings. The second-order valence-corrected chi connectivity index (χ2v) is 11.6. The van der Waals surface area contributed by atoms with Crippen LogP contribution >= 0.6 is 27.5 Å². The van der Waals surface area contributed by atoms with Gasteiger partial charge in [0, 0.05) is 22.6 Å². The van der Waals surface area contributed by atoms with Crippen LogP contribution in [0, 0.1) is 0 Å². The molecule has 10 heteroatoms. The number of sulfonamides is 1. The molecule has 3 rings (SSSR count). The van der Waals surface area contributed by atoms with Gasteiger partial charge in [-0.15, -0.1) is 0 Å². The molecule has 0 fully saturated rings. The highest BCUT2D eigenvalue weighted by molar-refractivity contribution is 9.10. The van der Waals surface area contributed by atoms with E-state index >= 15 is 0 Å². The van der Waals surface area contributed by atoms with Gasteiger partial charge in [0.2, 0.25) is 11.8 Å². The minimum absolute atomic E-state index is 0.0590. The van der Waals surface area contributed by atoms with Crippen molar-refractivity contribution in [3.63, 3.8) is 0 Å². The van der Waals surface area contributed by atoms with Gasteiger partial charge in [0.1, 0.15) is 12.6 Å². The van der Waals surface area contributed by atoms with Gasteiger partial charge in [-0.1, -0.05) is 64.8 Å². The van der Waals surface area contributed by atoms with E-state index < -0.39 is 28.5 Å². The first-order valence-corrected chi connectivity index (χ1v) is 14.4. The standard InChI is InChI=1S/C27H29BrClN3O4S/c1-3-17-30-27(34)20(2)31(18-21-9-13-23(29)14-10-21)26(33)19-32(24-15-11-22(28)12-16-24)37(35,36)25-7-5-4-6-8-25/h4-16,20H,3,17-19H2,1-2H3,(H,30,34)/t20-/m1/s1. The van der Waals surface area contributed by atoms with E-state index in [1.807, 2.05) is 6.92 Å². The maximum atomic E-state index is 13.8. The van der Waals surface area contributed by atoms with Gasteiger partial charge in [0.05, 0.1) is 10.6 Å². The van der Waals surface area contributed by atoms with Gasteiger partial charge in [-0.25, -0.2) is 8.42 Å². The Labute approximate surface area is 231 Å². The fourth-order valence-corrected chi connectivity index (χ4v) is 5.45. The normalized spacial score (nSPS) is 12.0. The van der Waals surface area contributed by atoms with Crippen LogP contribution in [0.25, 0.3) is 0 Å². The van der Waals surface area contributed by atoms with E-state index in [9.17, 15) is 18.0 Å². The van der Waals surface area contributed by atoms with Crippen molar-refractivity contribution in [2.24, 2.45) is 0 Å². The predicted octanol–water partition coefficient (Wildman–Crippen LogP) is 5.24. The van der Waals surface area contributed by atoms with Crippen LogP contribution in [-0.4, -0.2) is 44.3 Å². The van der Waals surface area contributed by atoms with Gasteiger partial charge in [0.25, 0.3) is 10.0 Å². The Morgan fingerprint density at radius 3 is 2.19 bits per heavy atom. The quantitative estimate of drug-likeness (QED) is 0.323. The first-order chi connectivity index (χ1) is 17.6. The van der Waals surface area contributed by atoms with Gasteiger partial charge in [-0.2, -0.15) is 0 Å². The highest BCUT2D eigenvalue weighted by atomic mass is 79.9. The van der Waals surface area contributed by atoms with Crippen LogP contribution in [0.3, 0.4) is 0 Å². The topological polar surface area (TPSA) is 86.8 Å². The van der Waals surface area contributed by atoms with Crippen molar-refractivity contribution in [2.45, 2.75) is 37.8 Å². The Balaban J connectivity index is 1.99. The summed E-state index contributed by atoms with van der Waals surface area (Å²) in [6, 6.07) is 20.7. The molecule has 0 aliphatic carbocycles. The Kier molecular flexibility index (Phi) is 10.1. The summed E-state index contributed by atoms with van der Waals surface area (Å²) in [6.07, 6.45) is 0.746. The molecular formula is C27H29BrClN3O4S. The highest BCUT2D eigenvalue weighted by Crippen LogP contribution is 2.26. The number of carbonyl (C=O) groups is 2. The smallest absolute Gasteiger partial charge is 0.264 e. The molecule has 0 unspecified atom stereocenters. The van der Waals surface area contributed by atoms with Gasteiger partial charge in [-0.3, -0.25) is 13.9 Å². The maximum absolute atomic E-state index is 13.8. The minimum atomic E-state index is -4.08. The molecule has 0 spiro atoms. The molecule has 3 aromatic rings. The summed E-state index contributed by atoms with van der Waals surface area (Å²) in [5.74, 6) is -0.832. The number of nitrogens with one attached hydrogen (secondary N) is 1. The summed E-state index contributed by atoms with van der Waals surface area (Å²) >= 11 is 9.38. The molecule has 37 heavy (non-hydrogen) atoms. The number of hydrogen-bond donors (Lipinski definition) is 1. The molecule has 2 amide bonds. The summed E-state index contributed by atoms with van der Waals surface area (Å²) in [5, 5.41) is 3.37. The first kappa shape index (κ1) is 28.7. The number of rotatable bonds is 11. The molecule has 196 valence electrons. The zero-order chi connectivity index (χ0) is 27.0. The van der Waals surface area contributed by atoms with E-state index in [0.717, 1.165) is 20.8 Å². The van der Waals surface area contributed by atoms with Crippen LogP contribution in [-0.2, 0) is 26.2 Å². The van der Waals surface area contributed by atoms with Crippen molar-refractivity contribution >= 4 is 55.1 Å². The van der Waals surface area contributed by atoms with Crippen molar-refractivity contribution in [3.8, 4) is 0 Å². The lowest BCUT2D eigenvalue weighted by Gasteiger charge is -2.32. The summed E-state index contributed by atoms with van der Waals surface area (Å²) in [4.78, 5) is 28.1. The number of amides is 2. The molecule has 0 saturated heterocycles. The molecule has 0 bridgehead atoms. The first-order valence-electron chi connectivity index (χ1n) is 11.8. The molecular weight excluding hydrogens is 578 g/mol. The van der Waals surface area contributed by atoms with Gasteiger partial charge >= 0.3 is 0 Å². The molecule has 0 heterocycles. The zero-order valence-electron chi connectivity index (χ0n) is 20.6. The Hall–Kier alpha value is -2.88. The lowest BCUT2D eigenvalue weighted by atomic mass is 10.1. The van der Waals surface area contributed by atoms with Crippen molar-refractivity contribution in [1.29, 1.82) is 0 Å². The van der Waals surface area contributed by atoms with Gasteiger partial charge < -0.3 is 10.2 Å². The number of carbonyl (C=O) groups excluding carboxylic acids is 2. The van der Waals surface area contributed by atoms with E-state index in [2.05, 4.69) is 21.2 Å². The third kappa shape index (κ3) is 7.56. The fourth-order valence-electron chi connectivity index (χ4n) is 3.62. The van der Waals surface area contributed by atoms with Crippen molar-refractivity contribution in [3.05, 3.63) is 93.9 Å². The Morgan fingerprint density at radius 2 is 1.59 bits per heavy atom. The van der Waals surface area contributed by atoms with Gasteiger partial charge in [0.15, 0.2) is 0 Å². The largest absolute Gasteiger partial charge is 0.354 e. The number of hydrogen-bond acceptors (Lipinski definition) is 4.